The molecule has 0 aliphatic heterocycles. The first kappa shape index (κ1) is 14.3. The lowest BCUT2D eigenvalue weighted by atomic mass is 10.2. The van der Waals surface area contributed by atoms with Crippen LogP contribution in [0.25, 0.3) is 0 Å². The minimum atomic E-state index is 0.523. The lowest BCUT2D eigenvalue weighted by Gasteiger charge is -2.23. The average Bonchev–Trinajstić information content (AvgIpc) is 2.39. The van der Waals surface area contributed by atoms with Gasteiger partial charge in [-0.1, -0.05) is 6.92 Å². The van der Waals surface area contributed by atoms with E-state index in [1.54, 1.807) is 12.1 Å². The third kappa shape index (κ3) is 3.94. The Labute approximate surface area is 109 Å². The number of nitrogens with two attached hydrogens (primary N) is 1. The second-order valence-corrected chi connectivity index (χ2v) is 4.58. The molecule has 1 unspecified atom stereocenters. The highest BCUT2D eigenvalue weighted by Gasteiger charge is 2.06. The van der Waals surface area contributed by atoms with E-state index >= 15 is 0 Å². The van der Waals surface area contributed by atoms with Crippen molar-refractivity contribution >= 4 is 11.4 Å². The van der Waals surface area contributed by atoms with Gasteiger partial charge >= 0.3 is 0 Å². The molecule has 1 aromatic carbocycles. The van der Waals surface area contributed by atoms with E-state index in [1.165, 1.54) is 0 Å². The number of nitrogen functional groups attached to an aromatic ring is 1. The van der Waals surface area contributed by atoms with Crippen LogP contribution < -0.4 is 11.1 Å². The Balaban J connectivity index is 2.47. The molecule has 0 saturated carbocycles. The molecule has 3 N–H and O–H groups in total. The van der Waals surface area contributed by atoms with Crippen LogP contribution >= 0.6 is 0 Å². The monoisotopic (exact) mass is 246 g/mol. The third-order valence-corrected chi connectivity index (χ3v) is 3.31. The summed E-state index contributed by atoms with van der Waals surface area (Å²) in [5.74, 6) is 0. The number of nitriles is 1. The summed E-state index contributed by atoms with van der Waals surface area (Å²) in [5.41, 5.74) is 7.67. The summed E-state index contributed by atoms with van der Waals surface area (Å²) in [4.78, 5) is 2.31. The van der Waals surface area contributed by atoms with Gasteiger partial charge in [0, 0.05) is 30.5 Å². The predicted molar refractivity (Wildman–Crippen MR) is 76.4 cm³/mol. The molecule has 0 saturated heterocycles. The molecular weight excluding hydrogens is 224 g/mol. The Kier molecular flexibility index (Phi) is 5.47. The van der Waals surface area contributed by atoms with E-state index in [2.05, 4.69) is 37.2 Å². The van der Waals surface area contributed by atoms with Crippen LogP contribution in [0, 0.1) is 11.3 Å². The zero-order valence-electron chi connectivity index (χ0n) is 11.4. The van der Waals surface area contributed by atoms with Gasteiger partial charge in [0.05, 0.1) is 5.56 Å². The molecule has 4 nitrogen and oxygen atoms in total. The number of nitrogens with one attached hydrogen (secondary N) is 1. The van der Waals surface area contributed by atoms with E-state index in [4.69, 9.17) is 11.0 Å². The molecule has 0 aliphatic rings. The predicted octanol–water partition coefficient (Wildman–Crippen LogP) is 2.28. The fourth-order valence-corrected chi connectivity index (χ4v) is 1.67. The molecule has 0 bridgehead atoms. The molecular formula is C14H22N4. The highest BCUT2D eigenvalue weighted by molar-refractivity contribution is 5.61. The summed E-state index contributed by atoms with van der Waals surface area (Å²) in [5, 5.41) is 12.2. The Morgan fingerprint density at radius 1 is 1.50 bits per heavy atom. The van der Waals surface area contributed by atoms with E-state index in [-0.39, 0.29) is 0 Å². The summed E-state index contributed by atoms with van der Waals surface area (Å²) in [7, 11) is 2.12. The van der Waals surface area contributed by atoms with Crippen LogP contribution in [0.3, 0.4) is 0 Å². The molecule has 4 heteroatoms. The van der Waals surface area contributed by atoms with Gasteiger partial charge in [-0.2, -0.15) is 5.26 Å². The average molecular weight is 246 g/mol. The van der Waals surface area contributed by atoms with Gasteiger partial charge in [0.1, 0.15) is 6.07 Å². The van der Waals surface area contributed by atoms with Crippen molar-refractivity contribution in [2.75, 3.05) is 31.2 Å². The maximum Gasteiger partial charge on any atom is 0.101 e. The first-order valence-corrected chi connectivity index (χ1v) is 6.32. The fraction of sp³-hybridized carbons (Fsp3) is 0.500. The molecule has 1 aromatic rings. The molecule has 0 spiro atoms. The highest BCUT2D eigenvalue weighted by Crippen LogP contribution is 2.16. The van der Waals surface area contributed by atoms with Gasteiger partial charge in [-0.05, 0) is 38.6 Å². The molecule has 98 valence electrons. The second kappa shape index (κ2) is 6.87. The number of hydrogen-bond acceptors (Lipinski definition) is 4. The normalized spacial score (nSPS) is 12.2. The van der Waals surface area contributed by atoms with Crippen molar-refractivity contribution in [3.05, 3.63) is 23.8 Å². The number of likely N-dealkylation sites (N-methyl/N-ethyl adjacent to an activating group) is 1. The number of rotatable bonds is 6. The summed E-state index contributed by atoms with van der Waals surface area (Å²) in [6.07, 6.45) is 1.15. The molecule has 0 fully saturated rings. The topological polar surface area (TPSA) is 65.1 Å². The molecule has 0 amide bonds. The van der Waals surface area contributed by atoms with Gasteiger partial charge in [0.15, 0.2) is 0 Å². The van der Waals surface area contributed by atoms with Gasteiger partial charge in [0.25, 0.3) is 0 Å². The summed E-state index contributed by atoms with van der Waals surface area (Å²) in [6.45, 7) is 6.24. The highest BCUT2D eigenvalue weighted by atomic mass is 15.1. The van der Waals surface area contributed by atoms with Crippen molar-refractivity contribution in [1.29, 1.82) is 5.26 Å². The largest absolute Gasteiger partial charge is 0.398 e. The summed E-state index contributed by atoms with van der Waals surface area (Å²) < 4.78 is 0. The fourth-order valence-electron chi connectivity index (χ4n) is 1.67. The van der Waals surface area contributed by atoms with Crippen LogP contribution in [0.4, 0.5) is 11.4 Å². The van der Waals surface area contributed by atoms with Gasteiger partial charge < -0.3 is 16.0 Å². The van der Waals surface area contributed by atoms with Crippen molar-refractivity contribution in [3.8, 4) is 6.07 Å². The maximum atomic E-state index is 8.90. The van der Waals surface area contributed by atoms with E-state index < -0.39 is 0 Å². The van der Waals surface area contributed by atoms with Gasteiger partial charge in [0.2, 0.25) is 0 Å². The van der Waals surface area contributed by atoms with E-state index in [1.807, 2.05) is 6.07 Å². The number of anilines is 2. The molecule has 0 radical (unpaired) electrons. The quantitative estimate of drug-likeness (QED) is 0.756. The van der Waals surface area contributed by atoms with E-state index in [0.717, 1.165) is 25.2 Å². The number of benzene rings is 1. The summed E-state index contributed by atoms with van der Waals surface area (Å²) >= 11 is 0. The lowest BCUT2D eigenvalue weighted by molar-refractivity contribution is 0.261. The maximum absolute atomic E-state index is 8.90. The van der Waals surface area contributed by atoms with Gasteiger partial charge in [-0.3, -0.25) is 0 Å². The number of hydrogen-bond donors (Lipinski definition) is 2. The Morgan fingerprint density at radius 3 is 2.83 bits per heavy atom. The minimum Gasteiger partial charge on any atom is -0.398 e. The van der Waals surface area contributed by atoms with Crippen LogP contribution in [0.5, 0.6) is 0 Å². The van der Waals surface area contributed by atoms with Crippen LogP contribution in [-0.2, 0) is 0 Å². The van der Waals surface area contributed by atoms with E-state index in [0.29, 0.717) is 17.3 Å². The zero-order chi connectivity index (χ0) is 13.5. The molecule has 0 aromatic heterocycles. The molecule has 1 rings (SSSR count). The van der Waals surface area contributed by atoms with Crippen LogP contribution in [0.2, 0.25) is 0 Å². The van der Waals surface area contributed by atoms with Crippen molar-refractivity contribution in [2.45, 2.75) is 26.3 Å². The smallest absolute Gasteiger partial charge is 0.101 e. The van der Waals surface area contributed by atoms with Crippen molar-refractivity contribution in [1.82, 2.24) is 4.90 Å². The lowest BCUT2D eigenvalue weighted by Crippen LogP contribution is -2.32. The van der Waals surface area contributed by atoms with Gasteiger partial charge in [-0.25, -0.2) is 0 Å². The van der Waals surface area contributed by atoms with Crippen LogP contribution in [0.15, 0.2) is 18.2 Å². The van der Waals surface area contributed by atoms with Crippen molar-refractivity contribution < 1.29 is 0 Å². The minimum absolute atomic E-state index is 0.523. The standard InChI is InChI=1S/C14H22N4/c1-4-11(2)18(3)8-7-17-13-5-6-14(16)12(9-13)10-15/h5-6,9,11,17H,4,7-8,16H2,1-3H3. The van der Waals surface area contributed by atoms with Gasteiger partial charge in [-0.15, -0.1) is 0 Å². The van der Waals surface area contributed by atoms with Crippen LogP contribution in [-0.4, -0.2) is 31.1 Å². The third-order valence-electron chi connectivity index (χ3n) is 3.31. The number of nitrogens with zero attached hydrogens (tertiary/aromatic N) is 2. The van der Waals surface area contributed by atoms with E-state index in [9.17, 15) is 0 Å². The molecule has 1 atom stereocenters. The Hall–Kier alpha value is -1.73. The Morgan fingerprint density at radius 2 is 2.22 bits per heavy atom. The first-order chi connectivity index (χ1) is 8.58. The molecule has 18 heavy (non-hydrogen) atoms. The first-order valence-electron chi connectivity index (χ1n) is 6.32. The second-order valence-electron chi connectivity index (χ2n) is 4.58. The van der Waals surface area contributed by atoms with Crippen molar-refractivity contribution in [2.24, 2.45) is 0 Å². The molecule has 0 heterocycles. The SMILES string of the molecule is CCC(C)N(C)CCNc1ccc(N)c(C#N)c1. The van der Waals surface area contributed by atoms with Crippen molar-refractivity contribution in [3.63, 3.8) is 0 Å². The zero-order valence-corrected chi connectivity index (χ0v) is 11.4. The van der Waals surface area contributed by atoms with Crippen LogP contribution in [0.1, 0.15) is 25.8 Å². The summed E-state index contributed by atoms with van der Waals surface area (Å²) in [6, 6.07) is 8.13. The molecule has 0 aliphatic carbocycles. The Bertz CT molecular complexity index is 422.